The number of imide groups is 1. The van der Waals surface area contributed by atoms with Crippen molar-refractivity contribution < 1.29 is 14.4 Å². The molecule has 2 unspecified atom stereocenters. The first kappa shape index (κ1) is 19.1. The van der Waals surface area contributed by atoms with Crippen molar-refractivity contribution in [3.8, 4) is 0 Å². The molecule has 1 aromatic carbocycles. The highest BCUT2D eigenvalue weighted by molar-refractivity contribution is 6.05. The lowest BCUT2D eigenvalue weighted by atomic mass is 10.0. The Morgan fingerprint density at radius 2 is 2.04 bits per heavy atom. The second-order valence-corrected chi connectivity index (χ2v) is 8.74. The lowest BCUT2D eigenvalue weighted by Gasteiger charge is -2.29. The van der Waals surface area contributed by atoms with Crippen molar-refractivity contribution in [2.75, 3.05) is 6.54 Å². The van der Waals surface area contributed by atoms with E-state index in [0.717, 1.165) is 24.1 Å². The monoisotopic (exact) mass is 384 g/mol. The van der Waals surface area contributed by atoms with Crippen molar-refractivity contribution in [2.24, 2.45) is 0 Å². The van der Waals surface area contributed by atoms with Gasteiger partial charge in [-0.1, -0.05) is 12.1 Å². The number of carbonyl (C=O) groups is 3. The van der Waals surface area contributed by atoms with Crippen molar-refractivity contribution in [3.05, 3.63) is 34.9 Å². The molecule has 4 rings (SSSR count). The van der Waals surface area contributed by atoms with Crippen LogP contribution in [0.25, 0.3) is 0 Å². The van der Waals surface area contributed by atoms with E-state index in [9.17, 15) is 14.4 Å². The van der Waals surface area contributed by atoms with Gasteiger partial charge in [0.2, 0.25) is 11.8 Å². The summed E-state index contributed by atoms with van der Waals surface area (Å²) in [7, 11) is 0. The van der Waals surface area contributed by atoms with Gasteiger partial charge >= 0.3 is 0 Å². The van der Waals surface area contributed by atoms with Crippen LogP contribution in [-0.4, -0.2) is 46.8 Å². The fourth-order valence-corrected chi connectivity index (χ4v) is 4.58. The van der Waals surface area contributed by atoms with Crippen molar-refractivity contribution in [2.45, 2.75) is 70.2 Å². The number of carbonyl (C=O) groups excluding carboxylic acids is 3. The Hall–Kier alpha value is -2.25. The summed E-state index contributed by atoms with van der Waals surface area (Å²) in [4.78, 5) is 38.1. The van der Waals surface area contributed by atoms with Gasteiger partial charge < -0.3 is 15.5 Å². The molecule has 3 amide bonds. The lowest BCUT2D eigenvalue weighted by Crippen LogP contribution is -2.52. The largest absolute Gasteiger partial charge is 0.322 e. The van der Waals surface area contributed by atoms with E-state index in [1.807, 2.05) is 18.2 Å². The number of piperidine rings is 1. The van der Waals surface area contributed by atoms with E-state index in [1.54, 1.807) is 4.90 Å². The molecular weight excluding hydrogens is 356 g/mol. The van der Waals surface area contributed by atoms with Gasteiger partial charge in [-0.2, -0.15) is 0 Å². The minimum Gasteiger partial charge on any atom is -0.322 e. The van der Waals surface area contributed by atoms with Crippen LogP contribution in [0.4, 0.5) is 0 Å². The predicted molar refractivity (Wildman–Crippen MR) is 104 cm³/mol. The van der Waals surface area contributed by atoms with Gasteiger partial charge in [-0.25, -0.2) is 0 Å². The maximum atomic E-state index is 12.9. The summed E-state index contributed by atoms with van der Waals surface area (Å²) in [6, 6.07) is 5.67. The average Bonchev–Trinajstić information content (AvgIpc) is 3.15. The summed E-state index contributed by atoms with van der Waals surface area (Å²) < 4.78 is 0. The van der Waals surface area contributed by atoms with Crippen LogP contribution in [0.5, 0.6) is 0 Å². The average molecular weight is 384 g/mol. The molecule has 7 heteroatoms. The van der Waals surface area contributed by atoms with E-state index in [-0.39, 0.29) is 29.7 Å². The molecule has 0 radical (unpaired) electrons. The van der Waals surface area contributed by atoms with Crippen LogP contribution in [-0.2, 0) is 22.7 Å². The molecule has 28 heavy (non-hydrogen) atoms. The first-order valence-corrected chi connectivity index (χ1v) is 10.1. The molecule has 3 aliphatic heterocycles. The minimum absolute atomic E-state index is 0.120. The number of nitrogens with one attached hydrogen (secondary N) is 3. The number of rotatable bonds is 5. The molecule has 0 bridgehead atoms. The Morgan fingerprint density at radius 3 is 2.75 bits per heavy atom. The summed E-state index contributed by atoms with van der Waals surface area (Å²) in [5.41, 5.74) is 2.96. The fourth-order valence-electron chi connectivity index (χ4n) is 4.58. The predicted octanol–water partition coefficient (Wildman–Crippen LogP) is 1.07. The van der Waals surface area contributed by atoms with Crippen LogP contribution in [0.15, 0.2) is 18.2 Å². The van der Waals surface area contributed by atoms with Gasteiger partial charge in [-0.05, 0) is 50.3 Å². The summed E-state index contributed by atoms with van der Waals surface area (Å²) in [6.45, 7) is 6.46. The zero-order chi connectivity index (χ0) is 19.9. The van der Waals surface area contributed by atoms with E-state index in [4.69, 9.17) is 0 Å². The van der Waals surface area contributed by atoms with Crippen LogP contribution in [0.1, 0.15) is 61.0 Å². The SMILES string of the molecule is CC1(C)CCC(CNCc2cccc3c2CN(C2CCC(=O)NC2=O)C3=O)N1. The summed E-state index contributed by atoms with van der Waals surface area (Å²) in [6.07, 6.45) is 3.00. The molecule has 3 aliphatic rings. The third kappa shape index (κ3) is 3.69. The Bertz CT molecular complexity index is 820. The summed E-state index contributed by atoms with van der Waals surface area (Å²) in [5, 5.41) is 9.51. The van der Waals surface area contributed by atoms with E-state index < -0.39 is 6.04 Å². The van der Waals surface area contributed by atoms with Gasteiger partial charge in [0.1, 0.15) is 6.04 Å². The summed E-state index contributed by atoms with van der Waals surface area (Å²) >= 11 is 0. The third-order valence-electron chi connectivity index (χ3n) is 6.10. The number of fused-ring (bicyclic) bond motifs is 1. The lowest BCUT2D eigenvalue weighted by molar-refractivity contribution is -0.136. The molecule has 150 valence electrons. The number of hydrogen-bond donors (Lipinski definition) is 3. The fraction of sp³-hybridized carbons (Fsp3) is 0.571. The molecule has 0 spiro atoms. The number of amides is 3. The maximum absolute atomic E-state index is 12.9. The van der Waals surface area contributed by atoms with Gasteiger partial charge in [0.05, 0.1) is 0 Å². The number of nitrogens with zero attached hydrogens (tertiary/aromatic N) is 1. The molecule has 0 aliphatic carbocycles. The quantitative estimate of drug-likeness (QED) is 0.661. The first-order chi connectivity index (χ1) is 13.3. The van der Waals surface area contributed by atoms with Crippen molar-refractivity contribution >= 4 is 17.7 Å². The van der Waals surface area contributed by atoms with Crippen LogP contribution in [0.2, 0.25) is 0 Å². The highest BCUT2D eigenvalue weighted by atomic mass is 16.2. The Kier molecular flexibility index (Phi) is 4.97. The van der Waals surface area contributed by atoms with Crippen LogP contribution in [0.3, 0.4) is 0 Å². The molecule has 0 aromatic heterocycles. The molecule has 0 saturated carbocycles. The smallest absolute Gasteiger partial charge is 0.255 e. The van der Waals surface area contributed by atoms with Crippen LogP contribution in [0, 0.1) is 0 Å². The van der Waals surface area contributed by atoms with E-state index in [0.29, 0.717) is 31.1 Å². The van der Waals surface area contributed by atoms with Gasteiger partial charge in [-0.15, -0.1) is 0 Å². The highest BCUT2D eigenvalue weighted by Gasteiger charge is 2.39. The van der Waals surface area contributed by atoms with Gasteiger partial charge in [0.25, 0.3) is 5.91 Å². The van der Waals surface area contributed by atoms with Crippen LogP contribution >= 0.6 is 0 Å². The third-order valence-corrected chi connectivity index (χ3v) is 6.10. The van der Waals surface area contributed by atoms with Crippen molar-refractivity contribution in [1.29, 1.82) is 0 Å². The minimum atomic E-state index is -0.566. The second-order valence-electron chi connectivity index (χ2n) is 8.74. The Labute approximate surface area is 165 Å². The zero-order valence-corrected chi connectivity index (χ0v) is 16.5. The molecule has 3 heterocycles. The number of benzene rings is 1. The van der Waals surface area contributed by atoms with Gasteiger partial charge in [0.15, 0.2) is 0 Å². The standard InChI is InChI=1S/C21H28N4O3/c1-21(2)9-8-14(24-21)11-22-10-13-4-3-5-15-16(13)12-25(20(15)28)17-6-7-18(26)23-19(17)27/h3-5,14,17,22,24H,6-12H2,1-2H3,(H,23,26,27). The molecule has 2 atom stereocenters. The molecular formula is C21H28N4O3. The highest BCUT2D eigenvalue weighted by Crippen LogP contribution is 2.30. The normalized spacial score (nSPS) is 26.5. The first-order valence-electron chi connectivity index (χ1n) is 10.1. The zero-order valence-electron chi connectivity index (χ0n) is 16.5. The maximum Gasteiger partial charge on any atom is 0.255 e. The van der Waals surface area contributed by atoms with Crippen molar-refractivity contribution in [1.82, 2.24) is 20.9 Å². The molecule has 1 aromatic rings. The molecule has 3 N–H and O–H groups in total. The molecule has 2 saturated heterocycles. The summed E-state index contributed by atoms with van der Waals surface area (Å²) in [5.74, 6) is -0.753. The second kappa shape index (κ2) is 7.29. The number of hydrogen-bond acceptors (Lipinski definition) is 5. The Morgan fingerprint density at radius 1 is 1.21 bits per heavy atom. The van der Waals surface area contributed by atoms with Crippen LogP contribution < -0.4 is 16.0 Å². The van der Waals surface area contributed by atoms with E-state index in [2.05, 4.69) is 29.8 Å². The van der Waals surface area contributed by atoms with Gasteiger partial charge in [0, 0.05) is 43.2 Å². The molecule has 7 nitrogen and oxygen atoms in total. The van der Waals surface area contributed by atoms with E-state index >= 15 is 0 Å². The topological polar surface area (TPSA) is 90.5 Å². The van der Waals surface area contributed by atoms with E-state index in [1.165, 1.54) is 6.42 Å². The Balaban J connectivity index is 1.41. The van der Waals surface area contributed by atoms with Crippen molar-refractivity contribution in [3.63, 3.8) is 0 Å². The molecule has 2 fully saturated rings. The van der Waals surface area contributed by atoms with Gasteiger partial charge in [-0.3, -0.25) is 19.7 Å².